The van der Waals surface area contributed by atoms with Crippen LogP contribution >= 0.6 is 22.7 Å². The Hall–Kier alpha value is -4.58. The molecule has 9 aromatic rings. The van der Waals surface area contributed by atoms with E-state index in [-0.39, 0.29) is 0 Å². The predicted octanol–water partition coefficient (Wildman–Crippen LogP) is 10.3. The highest BCUT2D eigenvalue weighted by Crippen LogP contribution is 2.45. The number of hydrogen-bond acceptors (Lipinski definition) is 4. The predicted molar refractivity (Wildman–Crippen MR) is 172 cm³/mol. The van der Waals surface area contributed by atoms with Crippen molar-refractivity contribution in [1.29, 1.82) is 0 Å². The first-order valence-electron chi connectivity index (χ1n) is 13.3. The zero-order valence-electron chi connectivity index (χ0n) is 21.6. The Morgan fingerprint density at radius 1 is 0.650 bits per heavy atom. The van der Waals surface area contributed by atoms with Crippen LogP contribution in [-0.2, 0) is 0 Å². The molecule has 0 spiro atoms. The molecule has 5 aromatic carbocycles. The molecule has 0 atom stereocenters. The second-order valence-corrected chi connectivity index (χ2v) is 12.3. The highest BCUT2D eigenvalue weighted by atomic mass is 32.1. The summed E-state index contributed by atoms with van der Waals surface area (Å²) in [7, 11) is 0. The van der Waals surface area contributed by atoms with Gasteiger partial charge in [0.25, 0.3) is 0 Å². The summed E-state index contributed by atoms with van der Waals surface area (Å²) in [4.78, 5) is 11.2. The maximum absolute atomic E-state index is 5.28. The zero-order valence-corrected chi connectivity index (χ0v) is 23.2. The summed E-state index contributed by atoms with van der Waals surface area (Å²) >= 11 is 3.63. The molecule has 0 bridgehead atoms. The number of para-hydroxylation sites is 2. The molecular formula is C35H21N3S2. The Morgan fingerprint density at radius 3 is 2.40 bits per heavy atom. The van der Waals surface area contributed by atoms with Gasteiger partial charge in [-0.1, -0.05) is 72.8 Å². The molecule has 0 N–H and O–H groups in total. The van der Waals surface area contributed by atoms with Gasteiger partial charge in [-0.15, -0.1) is 22.7 Å². The van der Waals surface area contributed by atoms with Crippen LogP contribution in [0.5, 0.6) is 0 Å². The Bertz CT molecular complexity index is 2460. The Balaban J connectivity index is 1.42. The molecule has 5 heteroatoms. The quantitative estimate of drug-likeness (QED) is 0.216. The monoisotopic (exact) mass is 547 g/mol. The van der Waals surface area contributed by atoms with Crippen LogP contribution in [0.1, 0.15) is 5.56 Å². The van der Waals surface area contributed by atoms with Crippen LogP contribution in [0.15, 0.2) is 109 Å². The molecule has 0 amide bonds. The van der Waals surface area contributed by atoms with Crippen molar-refractivity contribution in [2.75, 3.05) is 0 Å². The van der Waals surface area contributed by atoms with Crippen molar-refractivity contribution in [2.45, 2.75) is 6.92 Å². The lowest BCUT2D eigenvalue weighted by molar-refractivity contribution is 1.12. The first-order chi connectivity index (χ1) is 19.8. The number of rotatable bonds is 2. The van der Waals surface area contributed by atoms with Crippen LogP contribution in [0, 0.1) is 6.92 Å². The Labute approximate surface area is 237 Å². The molecule has 4 aromatic heterocycles. The molecule has 4 heterocycles. The van der Waals surface area contributed by atoms with Gasteiger partial charge in [0, 0.05) is 48.1 Å². The molecule has 0 aliphatic rings. The fourth-order valence-electron chi connectivity index (χ4n) is 6.21. The van der Waals surface area contributed by atoms with E-state index < -0.39 is 0 Å². The molecule has 0 aliphatic carbocycles. The molecule has 0 unspecified atom stereocenters. The molecule has 188 valence electrons. The summed E-state index contributed by atoms with van der Waals surface area (Å²) in [5.41, 5.74) is 5.71. The van der Waals surface area contributed by atoms with Crippen molar-refractivity contribution < 1.29 is 0 Å². The van der Waals surface area contributed by atoms with Gasteiger partial charge in [-0.2, -0.15) is 0 Å². The molecule has 0 aliphatic heterocycles. The molecule has 0 saturated carbocycles. The van der Waals surface area contributed by atoms with Crippen molar-refractivity contribution in [3.8, 4) is 17.1 Å². The average Bonchev–Trinajstić information content (AvgIpc) is 3.69. The number of fused-ring (bicyclic) bond motifs is 9. The summed E-state index contributed by atoms with van der Waals surface area (Å²) in [6, 6.07) is 36.9. The second-order valence-electron chi connectivity index (χ2n) is 10.3. The third kappa shape index (κ3) is 2.99. The van der Waals surface area contributed by atoms with Gasteiger partial charge in [-0.3, -0.25) is 4.57 Å². The highest BCUT2D eigenvalue weighted by molar-refractivity contribution is 7.26. The number of imidazole rings is 1. The third-order valence-corrected chi connectivity index (χ3v) is 10.3. The number of thiophene rings is 2. The Morgan fingerprint density at radius 2 is 1.45 bits per heavy atom. The molecule has 3 nitrogen and oxygen atoms in total. The number of aromatic nitrogens is 3. The number of nitrogens with zero attached hydrogens (tertiary/aromatic N) is 3. The minimum atomic E-state index is 0.963. The summed E-state index contributed by atoms with van der Waals surface area (Å²) in [6.45, 7) is 2.22. The highest BCUT2D eigenvalue weighted by Gasteiger charge is 2.22. The average molecular weight is 548 g/mol. The first kappa shape index (κ1) is 22.3. The molecular weight excluding hydrogens is 527 g/mol. The molecule has 0 fully saturated rings. The topological polar surface area (TPSA) is 30.7 Å². The second kappa shape index (κ2) is 8.21. The molecule has 0 radical (unpaired) electrons. The van der Waals surface area contributed by atoms with Crippen LogP contribution in [0.25, 0.3) is 79.4 Å². The fourth-order valence-corrected chi connectivity index (χ4v) is 8.66. The number of pyridine rings is 1. The summed E-state index contributed by atoms with van der Waals surface area (Å²) in [5, 5.41) is 7.52. The van der Waals surface area contributed by atoms with E-state index in [0.29, 0.717) is 0 Å². The smallest absolute Gasteiger partial charge is 0.147 e. The summed E-state index contributed by atoms with van der Waals surface area (Å²) < 4.78 is 6.19. The van der Waals surface area contributed by atoms with Gasteiger partial charge in [0.1, 0.15) is 10.7 Å². The van der Waals surface area contributed by atoms with Crippen LogP contribution in [0.4, 0.5) is 0 Å². The van der Waals surface area contributed by atoms with Gasteiger partial charge in [0.05, 0.1) is 21.4 Å². The van der Waals surface area contributed by atoms with Crippen LogP contribution < -0.4 is 0 Å². The lowest BCUT2D eigenvalue weighted by Crippen LogP contribution is -1.98. The third-order valence-electron chi connectivity index (χ3n) is 8.00. The van der Waals surface area contributed by atoms with Crippen molar-refractivity contribution in [3.05, 3.63) is 115 Å². The Kier molecular flexibility index (Phi) is 4.57. The standard InChI is InChI=1S/C35H21N3S2/c1-20-17-18-28(33-30(20)23-11-4-7-16-29(23)39-33)38-27-15-6-5-14-26(27)37-34(38)25-13-8-12-24-31-22-10-3-2-9-21(22)19-36-35(31)40-32(24)25/h2-19H,1H3. The van der Waals surface area contributed by atoms with Gasteiger partial charge in [0.2, 0.25) is 0 Å². The maximum Gasteiger partial charge on any atom is 0.147 e. The van der Waals surface area contributed by atoms with Crippen molar-refractivity contribution >= 4 is 85.0 Å². The first-order valence-corrected chi connectivity index (χ1v) is 15.0. The fraction of sp³-hybridized carbons (Fsp3) is 0.0286. The van der Waals surface area contributed by atoms with E-state index in [1.54, 1.807) is 11.3 Å². The summed E-state index contributed by atoms with van der Waals surface area (Å²) in [6.07, 6.45) is 1.99. The number of hydrogen-bond donors (Lipinski definition) is 0. The lowest BCUT2D eigenvalue weighted by Gasteiger charge is -2.13. The minimum absolute atomic E-state index is 0.963. The van der Waals surface area contributed by atoms with E-state index in [4.69, 9.17) is 9.97 Å². The maximum atomic E-state index is 5.28. The van der Waals surface area contributed by atoms with Crippen molar-refractivity contribution in [2.24, 2.45) is 0 Å². The van der Waals surface area contributed by atoms with Gasteiger partial charge >= 0.3 is 0 Å². The lowest BCUT2D eigenvalue weighted by atomic mass is 10.0. The van der Waals surface area contributed by atoms with E-state index in [0.717, 1.165) is 27.3 Å². The van der Waals surface area contributed by atoms with E-state index >= 15 is 0 Å². The summed E-state index contributed by atoms with van der Waals surface area (Å²) in [5.74, 6) is 0.963. The molecule has 9 rings (SSSR count). The van der Waals surface area contributed by atoms with Gasteiger partial charge < -0.3 is 0 Å². The number of aryl methyl sites for hydroxylation is 1. The van der Waals surface area contributed by atoms with E-state index in [2.05, 4.69) is 115 Å². The van der Waals surface area contributed by atoms with Gasteiger partial charge in [-0.05, 0) is 48.2 Å². The minimum Gasteiger partial charge on any atom is -0.291 e. The van der Waals surface area contributed by atoms with Crippen LogP contribution in [-0.4, -0.2) is 14.5 Å². The van der Waals surface area contributed by atoms with Gasteiger partial charge in [0.15, 0.2) is 0 Å². The van der Waals surface area contributed by atoms with Crippen LogP contribution in [0.2, 0.25) is 0 Å². The van der Waals surface area contributed by atoms with E-state index in [1.165, 1.54) is 57.7 Å². The SMILES string of the molecule is Cc1ccc(-n2c(-c3cccc4c3sc3ncc5ccccc5c34)nc3ccccc32)c2sc3ccccc3c12. The normalized spacial score (nSPS) is 12.1. The van der Waals surface area contributed by atoms with Crippen molar-refractivity contribution in [1.82, 2.24) is 14.5 Å². The molecule has 0 saturated heterocycles. The van der Waals surface area contributed by atoms with E-state index in [1.807, 2.05) is 17.5 Å². The largest absolute Gasteiger partial charge is 0.291 e. The zero-order chi connectivity index (χ0) is 26.4. The van der Waals surface area contributed by atoms with Crippen LogP contribution in [0.3, 0.4) is 0 Å². The molecule has 40 heavy (non-hydrogen) atoms. The van der Waals surface area contributed by atoms with Crippen molar-refractivity contribution in [3.63, 3.8) is 0 Å². The van der Waals surface area contributed by atoms with E-state index in [9.17, 15) is 0 Å². The number of benzene rings is 5. The van der Waals surface area contributed by atoms with Gasteiger partial charge in [-0.25, -0.2) is 9.97 Å².